The zero-order valence-electron chi connectivity index (χ0n) is 15.6. The molecule has 3 fully saturated rings. The van der Waals surface area contributed by atoms with Crippen LogP contribution in [0.15, 0.2) is 24.3 Å². The molecule has 3 aliphatic heterocycles. The van der Waals surface area contributed by atoms with Crippen LogP contribution >= 0.6 is 12.4 Å². The lowest BCUT2D eigenvalue weighted by molar-refractivity contribution is -0.141. The summed E-state index contributed by atoms with van der Waals surface area (Å²) in [6.45, 7) is 3.56. The predicted octanol–water partition coefficient (Wildman–Crippen LogP) is 2.31. The summed E-state index contributed by atoms with van der Waals surface area (Å²) in [6.07, 6.45) is 3.90. The molecule has 0 spiro atoms. The van der Waals surface area contributed by atoms with E-state index in [0.29, 0.717) is 12.1 Å². The molecular weight excluding hydrogens is 364 g/mol. The van der Waals surface area contributed by atoms with Crippen molar-refractivity contribution in [3.8, 4) is 0 Å². The number of hydrogen-bond donors (Lipinski definition) is 2. The van der Waals surface area contributed by atoms with Crippen molar-refractivity contribution in [3.63, 3.8) is 0 Å². The number of likely N-dealkylation sites (tertiary alicyclic amines) is 1. The number of nitrogen functional groups attached to an aromatic ring is 1. The fourth-order valence-corrected chi connectivity index (χ4v) is 5.06. The molecule has 4 unspecified atom stereocenters. The Labute approximate surface area is 166 Å². The average Bonchev–Trinajstić information content (AvgIpc) is 3.27. The minimum atomic E-state index is -0.271. The van der Waals surface area contributed by atoms with Gasteiger partial charge in [0.1, 0.15) is 5.84 Å². The van der Waals surface area contributed by atoms with Gasteiger partial charge in [0.2, 0.25) is 11.8 Å². The molecule has 4 rings (SSSR count). The molecule has 4 atom stereocenters. The third-order valence-electron chi connectivity index (χ3n) is 6.24. The van der Waals surface area contributed by atoms with E-state index in [0.717, 1.165) is 37.8 Å². The first-order valence-corrected chi connectivity index (χ1v) is 9.60. The fourth-order valence-electron chi connectivity index (χ4n) is 5.06. The second-order valence-electron chi connectivity index (χ2n) is 7.66. The Kier molecular flexibility index (Phi) is 5.58. The maximum Gasteiger partial charge on any atom is 0.235 e. The summed E-state index contributed by atoms with van der Waals surface area (Å²) in [6, 6.07) is 7.74. The van der Waals surface area contributed by atoms with Crippen molar-refractivity contribution in [1.29, 1.82) is 5.41 Å². The van der Waals surface area contributed by atoms with Crippen molar-refractivity contribution >= 4 is 30.1 Å². The molecule has 1 aromatic rings. The van der Waals surface area contributed by atoms with E-state index in [1.165, 1.54) is 4.90 Å². The Bertz CT molecular complexity index is 751. The monoisotopic (exact) mass is 390 g/mol. The highest BCUT2D eigenvalue weighted by atomic mass is 35.5. The van der Waals surface area contributed by atoms with E-state index in [-0.39, 0.29) is 54.0 Å². The first-order valence-electron chi connectivity index (χ1n) is 9.60. The molecule has 0 radical (unpaired) electrons. The molecule has 3 heterocycles. The minimum absolute atomic E-state index is 0. The van der Waals surface area contributed by atoms with Gasteiger partial charge >= 0.3 is 0 Å². The van der Waals surface area contributed by atoms with Gasteiger partial charge in [0.05, 0.1) is 11.8 Å². The number of benzene rings is 1. The number of imide groups is 1. The van der Waals surface area contributed by atoms with E-state index >= 15 is 0 Å². The summed E-state index contributed by atoms with van der Waals surface area (Å²) in [5.41, 5.74) is 7.29. The number of nitrogens with two attached hydrogens (primary N) is 1. The lowest BCUT2D eigenvalue weighted by atomic mass is 9.85. The molecule has 146 valence electrons. The van der Waals surface area contributed by atoms with Crippen molar-refractivity contribution in [3.05, 3.63) is 35.4 Å². The van der Waals surface area contributed by atoms with Crippen molar-refractivity contribution < 1.29 is 9.59 Å². The second kappa shape index (κ2) is 7.60. The Hall–Kier alpha value is -1.92. The number of nitrogens with zero attached hydrogens (tertiary/aromatic N) is 2. The highest BCUT2D eigenvalue weighted by Gasteiger charge is 2.62. The van der Waals surface area contributed by atoms with Crippen LogP contribution in [0.25, 0.3) is 0 Å². The molecule has 0 aromatic heterocycles. The Balaban J connectivity index is 0.00000210. The van der Waals surface area contributed by atoms with Gasteiger partial charge in [-0.05, 0) is 31.4 Å². The van der Waals surface area contributed by atoms with E-state index in [9.17, 15) is 9.59 Å². The summed E-state index contributed by atoms with van der Waals surface area (Å²) in [5, 5.41) is 7.56. The smallest absolute Gasteiger partial charge is 0.235 e. The minimum Gasteiger partial charge on any atom is -0.384 e. The number of nitrogens with one attached hydrogen (secondary N) is 1. The number of halogens is 1. The lowest BCUT2D eigenvalue weighted by Crippen LogP contribution is -2.39. The fraction of sp³-hybridized carbons (Fsp3) is 0.550. The molecule has 3 N–H and O–H groups in total. The van der Waals surface area contributed by atoms with Gasteiger partial charge in [0.15, 0.2) is 0 Å². The van der Waals surface area contributed by atoms with Crippen LogP contribution in [-0.2, 0) is 9.59 Å². The molecule has 6 nitrogen and oxygen atoms in total. The van der Waals surface area contributed by atoms with Crippen LogP contribution in [0.2, 0.25) is 0 Å². The number of rotatable bonds is 5. The van der Waals surface area contributed by atoms with Gasteiger partial charge in [-0.15, -0.1) is 12.4 Å². The first-order chi connectivity index (χ1) is 12.5. The Morgan fingerprint density at radius 3 is 2.48 bits per heavy atom. The number of carbonyl (C=O) groups is 2. The number of carbonyl (C=O) groups excluding carboxylic acids is 2. The molecule has 2 amide bonds. The van der Waals surface area contributed by atoms with Gasteiger partial charge in [0.25, 0.3) is 0 Å². The first kappa shape index (κ1) is 19.8. The third-order valence-corrected chi connectivity index (χ3v) is 6.24. The number of amidine groups is 1. The lowest BCUT2D eigenvalue weighted by Gasteiger charge is -2.29. The molecule has 0 saturated carbocycles. The van der Waals surface area contributed by atoms with Crippen molar-refractivity contribution in [2.75, 3.05) is 13.1 Å². The van der Waals surface area contributed by atoms with Crippen LogP contribution in [0.1, 0.15) is 49.8 Å². The van der Waals surface area contributed by atoms with Crippen LogP contribution in [0.5, 0.6) is 0 Å². The van der Waals surface area contributed by atoms with Gasteiger partial charge < -0.3 is 5.73 Å². The van der Waals surface area contributed by atoms with E-state index in [1.54, 1.807) is 0 Å². The van der Waals surface area contributed by atoms with Crippen LogP contribution in [0, 0.1) is 17.2 Å². The Morgan fingerprint density at radius 2 is 1.85 bits per heavy atom. The molecular formula is C20H27ClN4O2. The van der Waals surface area contributed by atoms with E-state index in [1.807, 2.05) is 24.3 Å². The summed E-state index contributed by atoms with van der Waals surface area (Å²) >= 11 is 0. The van der Waals surface area contributed by atoms with Gasteiger partial charge in [0, 0.05) is 24.2 Å². The number of fused-ring (bicyclic) bond motifs is 3. The number of unbranched alkanes of at least 4 members (excludes halogenated alkanes) is 1. The maximum atomic E-state index is 13.1. The molecule has 7 heteroatoms. The molecule has 1 aromatic carbocycles. The number of amides is 2. The van der Waals surface area contributed by atoms with Gasteiger partial charge in [-0.2, -0.15) is 0 Å². The van der Waals surface area contributed by atoms with Crippen LogP contribution in [-0.4, -0.2) is 46.6 Å². The number of hydrogen-bond acceptors (Lipinski definition) is 4. The molecule has 0 aliphatic carbocycles. The maximum absolute atomic E-state index is 13.1. The molecule has 3 saturated heterocycles. The normalized spacial score (nSPS) is 29.6. The summed E-state index contributed by atoms with van der Waals surface area (Å²) < 4.78 is 0. The summed E-state index contributed by atoms with van der Waals surface area (Å²) in [5.74, 6) is -0.387. The molecule has 0 bridgehead atoms. The predicted molar refractivity (Wildman–Crippen MR) is 106 cm³/mol. The largest absolute Gasteiger partial charge is 0.384 e. The van der Waals surface area contributed by atoms with Crippen molar-refractivity contribution in [2.24, 2.45) is 17.6 Å². The zero-order valence-corrected chi connectivity index (χ0v) is 16.4. The Morgan fingerprint density at radius 1 is 1.19 bits per heavy atom. The highest BCUT2D eigenvalue weighted by Crippen LogP contribution is 2.53. The topological polar surface area (TPSA) is 90.5 Å². The second-order valence-corrected chi connectivity index (χ2v) is 7.66. The highest BCUT2D eigenvalue weighted by molar-refractivity contribution is 6.06. The van der Waals surface area contributed by atoms with E-state index in [4.69, 9.17) is 11.1 Å². The van der Waals surface area contributed by atoms with Gasteiger partial charge in [-0.1, -0.05) is 37.6 Å². The van der Waals surface area contributed by atoms with Crippen LogP contribution < -0.4 is 5.73 Å². The molecule has 3 aliphatic rings. The quantitative estimate of drug-likeness (QED) is 0.458. The van der Waals surface area contributed by atoms with E-state index in [2.05, 4.69) is 11.8 Å². The van der Waals surface area contributed by atoms with Gasteiger partial charge in [-0.25, -0.2) is 0 Å². The van der Waals surface area contributed by atoms with Crippen molar-refractivity contribution in [2.45, 2.75) is 44.7 Å². The summed E-state index contributed by atoms with van der Waals surface area (Å²) in [4.78, 5) is 30.0. The molecule has 27 heavy (non-hydrogen) atoms. The zero-order chi connectivity index (χ0) is 18.4. The van der Waals surface area contributed by atoms with Gasteiger partial charge in [-0.3, -0.25) is 24.8 Å². The van der Waals surface area contributed by atoms with E-state index < -0.39 is 0 Å². The van der Waals surface area contributed by atoms with Crippen LogP contribution in [0.3, 0.4) is 0 Å². The standard InChI is InChI=1S/C20H26N4O2.ClH/c1-2-3-10-24-19(25)15-14-5-4-11-23(14)17(16(15)20(24)26)12-6-8-13(9-7-12)18(21)22;/h6-9,14-17H,2-5,10-11H2,1H3,(H3,21,22);1H. The average molecular weight is 391 g/mol. The third kappa shape index (κ3) is 3.05. The summed E-state index contributed by atoms with van der Waals surface area (Å²) in [7, 11) is 0. The van der Waals surface area contributed by atoms with Crippen molar-refractivity contribution in [1.82, 2.24) is 9.80 Å². The SMILES string of the molecule is CCCCN1C(=O)C2C(C1=O)C(c1ccc(C(=N)N)cc1)N1CCCC21.Cl. The van der Waals surface area contributed by atoms with Crippen LogP contribution in [0.4, 0.5) is 0 Å².